The summed E-state index contributed by atoms with van der Waals surface area (Å²) in [7, 11) is 0. The molecule has 0 unspecified atom stereocenters. The first-order valence-electron chi connectivity index (χ1n) is 13.6. The summed E-state index contributed by atoms with van der Waals surface area (Å²) in [5.74, 6) is -0.126. The lowest BCUT2D eigenvalue weighted by molar-refractivity contribution is -0.144. The molecule has 2 amide bonds. The fourth-order valence-corrected chi connectivity index (χ4v) is 3.90. The van der Waals surface area contributed by atoms with E-state index in [1.807, 2.05) is 48.5 Å². The molecule has 2 aliphatic heterocycles. The Morgan fingerprint density at radius 3 is 1.63 bits per heavy atom. The molecule has 0 aromatic rings. The molecule has 2 rings (SSSR count). The van der Waals surface area contributed by atoms with Crippen LogP contribution >= 0.6 is 0 Å². The van der Waals surface area contributed by atoms with E-state index in [0.717, 1.165) is 18.4 Å². The fraction of sp³-hybridized carbons (Fsp3) is 0.786. The van der Waals surface area contributed by atoms with E-state index in [1.165, 1.54) is 6.08 Å². The molecule has 0 aliphatic carbocycles. The molecule has 38 heavy (non-hydrogen) atoms. The molecule has 0 saturated carbocycles. The van der Waals surface area contributed by atoms with Crippen LogP contribution in [0.3, 0.4) is 0 Å². The maximum Gasteiger partial charge on any atom is 0.410 e. The molecule has 2 fully saturated rings. The number of amides is 2. The van der Waals surface area contributed by atoms with E-state index < -0.39 is 11.2 Å². The third-order valence-electron chi connectivity index (χ3n) is 5.69. The maximum absolute atomic E-state index is 11.9. The monoisotopic (exact) mass is 540 g/mol. The summed E-state index contributed by atoms with van der Waals surface area (Å²) in [6, 6.07) is 0. The predicted molar refractivity (Wildman–Crippen MR) is 144 cm³/mol. The SMILES string of the molecule is CCOC(=O)C=C1CCN(C(=O)OC(C)(C)C)CC1.CCOC(=O)CC1CCN(C(=O)OC(C)(C)C)CC1. The van der Waals surface area contributed by atoms with Gasteiger partial charge < -0.3 is 28.7 Å². The molecule has 0 N–H and O–H groups in total. The predicted octanol–water partition coefficient (Wildman–Crippen LogP) is 5.09. The Bertz CT molecular complexity index is 808. The maximum atomic E-state index is 11.9. The molecule has 2 saturated heterocycles. The van der Waals surface area contributed by atoms with E-state index in [9.17, 15) is 19.2 Å². The smallest absolute Gasteiger partial charge is 0.410 e. The van der Waals surface area contributed by atoms with Crippen molar-refractivity contribution in [3.8, 4) is 0 Å². The van der Waals surface area contributed by atoms with Gasteiger partial charge in [0.05, 0.1) is 13.2 Å². The number of likely N-dealkylation sites (tertiary alicyclic amines) is 2. The molecular formula is C28H48N2O8. The molecule has 0 bridgehead atoms. The first-order valence-corrected chi connectivity index (χ1v) is 13.6. The van der Waals surface area contributed by atoms with Crippen molar-refractivity contribution in [2.75, 3.05) is 39.4 Å². The lowest BCUT2D eigenvalue weighted by atomic mass is 9.94. The van der Waals surface area contributed by atoms with Gasteiger partial charge in [-0.2, -0.15) is 0 Å². The number of carbonyl (C=O) groups excluding carboxylic acids is 4. The van der Waals surface area contributed by atoms with Crippen molar-refractivity contribution in [3.63, 3.8) is 0 Å². The van der Waals surface area contributed by atoms with Crippen LogP contribution < -0.4 is 0 Å². The second-order valence-electron chi connectivity index (χ2n) is 11.4. The molecule has 2 aliphatic rings. The number of carbonyl (C=O) groups is 4. The Kier molecular flexibility index (Phi) is 13.6. The molecule has 0 aromatic carbocycles. The summed E-state index contributed by atoms with van der Waals surface area (Å²) in [5, 5.41) is 0. The van der Waals surface area contributed by atoms with Crippen LogP contribution in [0, 0.1) is 5.92 Å². The van der Waals surface area contributed by atoms with Gasteiger partial charge in [0.1, 0.15) is 11.2 Å². The Morgan fingerprint density at radius 1 is 0.763 bits per heavy atom. The highest BCUT2D eigenvalue weighted by Gasteiger charge is 2.28. The number of nitrogens with zero attached hydrogens (tertiary/aromatic N) is 2. The van der Waals surface area contributed by atoms with Crippen LogP contribution in [0.1, 0.15) is 87.5 Å². The minimum Gasteiger partial charge on any atom is -0.466 e. The van der Waals surface area contributed by atoms with Crippen LogP contribution in [-0.4, -0.2) is 84.5 Å². The van der Waals surface area contributed by atoms with E-state index >= 15 is 0 Å². The van der Waals surface area contributed by atoms with Crippen LogP contribution in [0.5, 0.6) is 0 Å². The molecule has 0 spiro atoms. The minimum atomic E-state index is -0.474. The van der Waals surface area contributed by atoms with E-state index in [2.05, 4.69) is 0 Å². The number of hydrogen-bond donors (Lipinski definition) is 0. The van der Waals surface area contributed by atoms with Crippen LogP contribution in [0.4, 0.5) is 9.59 Å². The van der Waals surface area contributed by atoms with E-state index in [1.54, 1.807) is 16.7 Å². The molecular weight excluding hydrogens is 492 g/mol. The van der Waals surface area contributed by atoms with E-state index in [0.29, 0.717) is 64.6 Å². The summed E-state index contributed by atoms with van der Waals surface area (Å²) in [4.78, 5) is 49.8. The molecule has 218 valence electrons. The zero-order valence-electron chi connectivity index (χ0n) is 24.6. The highest BCUT2D eigenvalue weighted by atomic mass is 16.6. The number of esters is 2. The summed E-state index contributed by atoms with van der Waals surface area (Å²) < 4.78 is 20.4. The van der Waals surface area contributed by atoms with Gasteiger partial charge in [-0.1, -0.05) is 5.57 Å². The van der Waals surface area contributed by atoms with E-state index in [4.69, 9.17) is 18.9 Å². The van der Waals surface area contributed by atoms with Crippen LogP contribution in [-0.2, 0) is 28.5 Å². The zero-order chi connectivity index (χ0) is 28.9. The summed E-state index contributed by atoms with van der Waals surface area (Å²) in [6.45, 7) is 18.0. The van der Waals surface area contributed by atoms with Crippen LogP contribution in [0.25, 0.3) is 0 Å². The Balaban J connectivity index is 0.000000380. The Labute approximate surface area is 228 Å². The Morgan fingerprint density at radius 2 is 1.21 bits per heavy atom. The standard InChI is InChI=1S/C14H25NO4.C14H23NO4/c2*1-5-18-12(16)10-11-6-8-15(9-7-11)13(17)19-14(2,3)4/h11H,5-10H2,1-4H3;10H,5-9H2,1-4H3. The zero-order valence-corrected chi connectivity index (χ0v) is 24.6. The molecule has 10 heteroatoms. The van der Waals surface area contributed by atoms with Crippen LogP contribution in [0.15, 0.2) is 11.6 Å². The second kappa shape index (κ2) is 15.6. The lowest BCUT2D eigenvalue weighted by Gasteiger charge is -2.33. The van der Waals surface area contributed by atoms with Gasteiger partial charge in [0.2, 0.25) is 0 Å². The van der Waals surface area contributed by atoms with Gasteiger partial charge in [0.25, 0.3) is 0 Å². The van der Waals surface area contributed by atoms with Gasteiger partial charge in [0, 0.05) is 38.7 Å². The minimum absolute atomic E-state index is 0.141. The number of hydrogen-bond acceptors (Lipinski definition) is 8. The Hall–Kier alpha value is -2.78. The average Bonchev–Trinajstić information content (AvgIpc) is 2.78. The quantitative estimate of drug-likeness (QED) is 0.269. The van der Waals surface area contributed by atoms with Crippen LogP contribution in [0.2, 0.25) is 0 Å². The summed E-state index contributed by atoms with van der Waals surface area (Å²) in [5.41, 5.74) is 0.0926. The van der Waals surface area contributed by atoms with Gasteiger partial charge >= 0.3 is 24.1 Å². The molecule has 0 aromatic heterocycles. The average molecular weight is 541 g/mol. The normalized spacial score (nSPS) is 16.6. The van der Waals surface area contributed by atoms with Gasteiger partial charge in [0.15, 0.2) is 0 Å². The third-order valence-corrected chi connectivity index (χ3v) is 5.69. The van der Waals surface area contributed by atoms with Gasteiger partial charge in [-0.15, -0.1) is 0 Å². The topological polar surface area (TPSA) is 112 Å². The first-order chi connectivity index (χ1) is 17.6. The van der Waals surface area contributed by atoms with Crippen molar-refractivity contribution in [3.05, 3.63) is 11.6 Å². The largest absolute Gasteiger partial charge is 0.466 e. The van der Waals surface area contributed by atoms with Crippen molar-refractivity contribution >= 4 is 24.1 Å². The summed E-state index contributed by atoms with van der Waals surface area (Å²) >= 11 is 0. The molecule has 0 atom stereocenters. The number of piperidine rings is 2. The van der Waals surface area contributed by atoms with Crippen molar-refractivity contribution in [1.29, 1.82) is 0 Å². The molecule has 10 nitrogen and oxygen atoms in total. The number of ether oxygens (including phenoxy) is 4. The highest BCUT2D eigenvalue weighted by Crippen LogP contribution is 2.23. The summed E-state index contributed by atoms with van der Waals surface area (Å²) in [6.07, 6.45) is 4.49. The second-order valence-corrected chi connectivity index (χ2v) is 11.4. The van der Waals surface area contributed by atoms with Crippen molar-refractivity contribution in [2.45, 2.75) is 98.7 Å². The van der Waals surface area contributed by atoms with Crippen molar-refractivity contribution < 1.29 is 38.1 Å². The lowest BCUT2D eigenvalue weighted by Crippen LogP contribution is -2.42. The third kappa shape index (κ3) is 14.2. The molecule has 2 heterocycles. The van der Waals surface area contributed by atoms with Crippen molar-refractivity contribution in [2.24, 2.45) is 5.92 Å². The van der Waals surface area contributed by atoms with Gasteiger partial charge in [-0.05, 0) is 87.0 Å². The van der Waals surface area contributed by atoms with Gasteiger partial charge in [-0.3, -0.25) is 4.79 Å². The fourth-order valence-electron chi connectivity index (χ4n) is 3.90. The van der Waals surface area contributed by atoms with Gasteiger partial charge in [-0.25, -0.2) is 14.4 Å². The number of rotatable bonds is 5. The van der Waals surface area contributed by atoms with E-state index in [-0.39, 0.29) is 24.1 Å². The highest BCUT2D eigenvalue weighted by molar-refractivity contribution is 5.82. The molecule has 0 radical (unpaired) electrons. The first kappa shape index (κ1) is 33.2. The van der Waals surface area contributed by atoms with Crippen molar-refractivity contribution in [1.82, 2.24) is 9.80 Å².